The molecule has 0 bridgehead atoms. The van der Waals surface area contributed by atoms with Crippen molar-refractivity contribution in [1.82, 2.24) is 5.32 Å². The maximum atomic E-state index is 3.64. The zero-order valence-electron chi connectivity index (χ0n) is 11.1. The van der Waals surface area contributed by atoms with Crippen molar-refractivity contribution in [2.75, 3.05) is 18.8 Å². The standard InChI is InChI=1S/C15H23NS/c1-11(2)12(3)8-16-9-13-10-17-15-7-5-4-6-14(13)15/h4-7,11-13,16H,8-10H2,1-3H3. The topological polar surface area (TPSA) is 12.0 Å². The second-order valence-electron chi connectivity index (χ2n) is 5.43. The van der Waals surface area contributed by atoms with E-state index in [2.05, 4.69) is 50.4 Å². The van der Waals surface area contributed by atoms with Gasteiger partial charge >= 0.3 is 0 Å². The fraction of sp³-hybridized carbons (Fsp3) is 0.600. The van der Waals surface area contributed by atoms with Crippen LogP contribution in [0.2, 0.25) is 0 Å². The van der Waals surface area contributed by atoms with E-state index in [1.54, 1.807) is 5.56 Å². The summed E-state index contributed by atoms with van der Waals surface area (Å²) < 4.78 is 0. The van der Waals surface area contributed by atoms with Gasteiger partial charge in [-0.25, -0.2) is 0 Å². The molecule has 0 fully saturated rings. The molecule has 0 aliphatic carbocycles. The zero-order chi connectivity index (χ0) is 12.3. The summed E-state index contributed by atoms with van der Waals surface area (Å²) in [5, 5.41) is 3.64. The fourth-order valence-electron chi connectivity index (χ4n) is 2.12. The molecule has 0 amide bonds. The lowest BCUT2D eigenvalue weighted by molar-refractivity contribution is 0.389. The summed E-state index contributed by atoms with van der Waals surface area (Å²) in [5.74, 6) is 3.48. The van der Waals surface area contributed by atoms with E-state index in [1.165, 1.54) is 10.6 Å². The molecule has 0 spiro atoms. The van der Waals surface area contributed by atoms with E-state index in [9.17, 15) is 0 Å². The van der Waals surface area contributed by atoms with E-state index < -0.39 is 0 Å². The van der Waals surface area contributed by atoms with Gasteiger partial charge < -0.3 is 5.32 Å². The molecule has 2 unspecified atom stereocenters. The minimum absolute atomic E-state index is 0.704. The zero-order valence-corrected chi connectivity index (χ0v) is 11.9. The Balaban J connectivity index is 1.82. The molecule has 1 aliphatic rings. The summed E-state index contributed by atoms with van der Waals surface area (Å²) in [5.41, 5.74) is 1.54. The van der Waals surface area contributed by atoms with Crippen molar-refractivity contribution in [3.63, 3.8) is 0 Å². The third-order valence-electron chi connectivity index (χ3n) is 3.79. The average Bonchev–Trinajstić information content (AvgIpc) is 2.72. The van der Waals surface area contributed by atoms with Crippen molar-refractivity contribution >= 4 is 11.8 Å². The van der Waals surface area contributed by atoms with Crippen molar-refractivity contribution < 1.29 is 0 Å². The summed E-state index contributed by atoms with van der Waals surface area (Å²) in [7, 11) is 0. The highest BCUT2D eigenvalue weighted by atomic mass is 32.2. The Kier molecular flexibility index (Phi) is 4.52. The van der Waals surface area contributed by atoms with Gasteiger partial charge in [-0.1, -0.05) is 39.0 Å². The van der Waals surface area contributed by atoms with Crippen molar-refractivity contribution in [2.45, 2.75) is 31.6 Å². The van der Waals surface area contributed by atoms with Gasteiger partial charge in [0.1, 0.15) is 0 Å². The van der Waals surface area contributed by atoms with E-state index in [0.29, 0.717) is 5.92 Å². The summed E-state index contributed by atoms with van der Waals surface area (Å²) in [6, 6.07) is 8.83. The van der Waals surface area contributed by atoms with Crippen LogP contribution in [-0.4, -0.2) is 18.8 Å². The Bertz CT molecular complexity index is 362. The molecule has 1 N–H and O–H groups in total. The summed E-state index contributed by atoms with van der Waals surface area (Å²) in [6.07, 6.45) is 0. The molecule has 1 heterocycles. The summed E-state index contributed by atoms with van der Waals surface area (Å²) in [6.45, 7) is 9.19. The predicted octanol–water partition coefficient (Wildman–Crippen LogP) is 3.76. The molecule has 1 aromatic carbocycles. The molecular weight excluding hydrogens is 226 g/mol. The number of fused-ring (bicyclic) bond motifs is 1. The van der Waals surface area contributed by atoms with Crippen LogP contribution >= 0.6 is 11.8 Å². The Labute approximate surface area is 109 Å². The van der Waals surface area contributed by atoms with Gasteiger partial charge in [0.15, 0.2) is 0 Å². The van der Waals surface area contributed by atoms with Crippen LogP contribution in [0.4, 0.5) is 0 Å². The third kappa shape index (κ3) is 3.26. The van der Waals surface area contributed by atoms with E-state index in [0.717, 1.165) is 24.9 Å². The lowest BCUT2D eigenvalue weighted by atomic mass is 9.97. The van der Waals surface area contributed by atoms with Crippen molar-refractivity contribution in [1.29, 1.82) is 0 Å². The number of benzene rings is 1. The molecule has 17 heavy (non-hydrogen) atoms. The van der Waals surface area contributed by atoms with E-state index in [-0.39, 0.29) is 0 Å². The van der Waals surface area contributed by atoms with Crippen LogP contribution in [0.1, 0.15) is 32.3 Å². The van der Waals surface area contributed by atoms with Crippen molar-refractivity contribution in [3.05, 3.63) is 29.8 Å². The Hall–Kier alpha value is -0.470. The molecule has 0 radical (unpaired) electrons. The third-order valence-corrected chi connectivity index (χ3v) is 5.05. The van der Waals surface area contributed by atoms with Crippen LogP contribution in [0.25, 0.3) is 0 Å². The van der Waals surface area contributed by atoms with Gasteiger partial charge in [0.25, 0.3) is 0 Å². The second kappa shape index (κ2) is 5.92. The molecule has 94 valence electrons. The molecule has 1 nitrogen and oxygen atoms in total. The van der Waals surface area contributed by atoms with Gasteiger partial charge in [0.2, 0.25) is 0 Å². The number of hydrogen-bond donors (Lipinski definition) is 1. The van der Waals surface area contributed by atoms with E-state index in [1.807, 2.05) is 11.8 Å². The van der Waals surface area contributed by atoms with Gasteiger partial charge in [-0.2, -0.15) is 0 Å². The maximum Gasteiger partial charge on any atom is 0.0108 e. The SMILES string of the molecule is CC(C)C(C)CNCC1CSc2ccccc21. The monoisotopic (exact) mass is 249 g/mol. The first-order valence-corrected chi connectivity index (χ1v) is 7.59. The van der Waals surface area contributed by atoms with Gasteiger partial charge in [-0.3, -0.25) is 0 Å². The largest absolute Gasteiger partial charge is 0.316 e. The number of nitrogens with one attached hydrogen (secondary N) is 1. The molecule has 2 atom stereocenters. The number of rotatable bonds is 5. The van der Waals surface area contributed by atoms with Gasteiger partial charge in [0, 0.05) is 23.1 Å². The first kappa shape index (κ1) is 13.0. The molecule has 2 rings (SSSR count). The highest BCUT2D eigenvalue weighted by Crippen LogP contribution is 2.38. The van der Waals surface area contributed by atoms with Crippen LogP contribution < -0.4 is 5.32 Å². The maximum absolute atomic E-state index is 3.64. The van der Waals surface area contributed by atoms with E-state index >= 15 is 0 Å². The van der Waals surface area contributed by atoms with Crippen LogP contribution in [0.15, 0.2) is 29.2 Å². The predicted molar refractivity (Wildman–Crippen MR) is 76.8 cm³/mol. The summed E-state index contributed by atoms with van der Waals surface area (Å²) in [4.78, 5) is 1.48. The van der Waals surface area contributed by atoms with Crippen LogP contribution in [0, 0.1) is 11.8 Å². The lowest BCUT2D eigenvalue weighted by Gasteiger charge is -2.18. The second-order valence-corrected chi connectivity index (χ2v) is 6.49. The highest BCUT2D eigenvalue weighted by Gasteiger charge is 2.22. The molecule has 0 saturated heterocycles. The van der Waals surface area contributed by atoms with Gasteiger partial charge in [-0.05, 0) is 30.0 Å². The Morgan fingerprint density at radius 3 is 2.82 bits per heavy atom. The number of thioether (sulfide) groups is 1. The highest BCUT2D eigenvalue weighted by molar-refractivity contribution is 7.99. The molecule has 0 saturated carbocycles. The normalized spacial score (nSPS) is 20.6. The Morgan fingerprint density at radius 2 is 2.06 bits per heavy atom. The van der Waals surface area contributed by atoms with Crippen LogP contribution in [0.3, 0.4) is 0 Å². The smallest absolute Gasteiger partial charge is 0.0108 e. The van der Waals surface area contributed by atoms with Crippen LogP contribution in [0.5, 0.6) is 0 Å². The average molecular weight is 249 g/mol. The van der Waals surface area contributed by atoms with E-state index in [4.69, 9.17) is 0 Å². The van der Waals surface area contributed by atoms with Crippen molar-refractivity contribution in [2.24, 2.45) is 11.8 Å². The first-order chi connectivity index (χ1) is 8.18. The molecule has 0 aromatic heterocycles. The van der Waals surface area contributed by atoms with Gasteiger partial charge in [-0.15, -0.1) is 11.8 Å². The van der Waals surface area contributed by atoms with Crippen LogP contribution in [-0.2, 0) is 0 Å². The molecular formula is C15H23NS. The minimum atomic E-state index is 0.704. The van der Waals surface area contributed by atoms with Gasteiger partial charge in [0.05, 0.1) is 0 Å². The molecule has 2 heteroatoms. The van der Waals surface area contributed by atoms with Crippen molar-refractivity contribution in [3.8, 4) is 0 Å². The quantitative estimate of drug-likeness (QED) is 0.853. The molecule has 1 aromatic rings. The Morgan fingerprint density at radius 1 is 1.29 bits per heavy atom. The number of hydrogen-bond acceptors (Lipinski definition) is 2. The minimum Gasteiger partial charge on any atom is -0.316 e. The first-order valence-electron chi connectivity index (χ1n) is 6.61. The molecule has 1 aliphatic heterocycles. The summed E-state index contributed by atoms with van der Waals surface area (Å²) >= 11 is 2.00. The lowest BCUT2D eigenvalue weighted by Crippen LogP contribution is -2.28. The fourth-order valence-corrected chi connectivity index (χ4v) is 3.37.